The molecule has 1 aromatic heterocycles. The van der Waals surface area contributed by atoms with Crippen molar-refractivity contribution in [3.05, 3.63) is 35.7 Å². The van der Waals surface area contributed by atoms with Gasteiger partial charge in [-0.3, -0.25) is 9.69 Å². The number of nitrogens with zero attached hydrogens (tertiary/aromatic N) is 5. The smallest absolute Gasteiger partial charge is 0.264 e. The van der Waals surface area contributed by atoms with Crippen LogP contribution in [0.4, 0.5) is 0 Å². The Balaban J connectivity index is 1.62. The first-order valence-electron chi connectivity index (χ1n) is 9.94. The number of hydrogen-bond acceptors (Lipinski definition) is 7. The molecule has 2 aromatic rings. The van der Waals surface area contributed by atoms with E-state index in [2.05, 4.69) is 38.9 Å². The Bertz CT molecular complexity index is 830. The van der Waals surface area contributed by atoms with Crippen molar-refractivity contribution in [3.63, 3.8) is 0 Å². The number of benzene rings is 1. The molecule has 0 radical (unpaired) electrons. The van der Waals surface area contributed by atoms with Crippen molar-refractivity contribution in [1.82, 2.24) is 24.6 Å². The van der Waals surface area contributed by atoms with E-state index in [1.807, 2.05) is 26.0 Å². The molecule has 2 aliphatic rings. The molecule has 1 saturated heterocycles. The van der Waals surface area contributed by atoms with Gasteiger partial charge in [0.15, 0.2) is 5.16 Å². The lowest BCUT2D eigenvalue weighted by molar-refractivity contribution is 0.0739. The van der Waals surface area contributed by atoms with E-state index in [1.54, 1.807) is 0 Å². The number of aryl methyl sites for hydroxylation is 1. The summed E-state index contributed by atoms with van der Waals surface area (Å²) < 4.78 is 7.08. The van der Waals surface area contributed by atoms with Gasteiger partial charge in [0.2, 0.25) is 0 Å². The van der Waals surface area contributed by atoms with Gasteiger partial charge >= 0.3 is 0 Å². The fraction of sp³-hybridized carbons (Fsp3) is 0.550. The van der Waals surface area contributed by atoms with Gasteiger partial charge in [-0.1, -0.05) is 30.8 Å². The first-order chi connectivity index (χ1) is 13.6. The average Bonchev–Trinajstić information content (AvgIpc) is 3.22. The van der Waals surface area contributed by atoms with Gasteiger partial charge in [-0.05, 0) is 38.1 Å². The molecule has 2 unspecified atom stereocenters. The highest BCUT2D eigenvalue weighted by Gasteiger charge is 2.43. The number of likely N-dealkylation sites (N-methyl/N-ethyl adjacent to an activating group) is 1. The maximum Gasteiger partial charge on any atom is 0.264 e. The van der Waals surface area contributed by atoms with Gasteiger partial charge in [-0.25, -0.2) is 4.98 Å². The maximum absolute atomic E-state index is 13.1. The van der Waals surface area contributed by atoms with Crippen molar-refractivity contribution in [2.45, 2.75) is 37.2 Å². The Kier molecular flexibility index (Phi) is 5.70. The van der Waals surface area contributed by atoms with E-state index < -0.39 is 0 Å². The SMILES string of the molecule is CCOc1ccc(C(C2Sc3nc(C)nn3C2=O)N2CCN(CC)CC2)cc1. The highest BCUT2D eigenvalue weighted by Crippen LogP contribution is 2.41. The number of piperazine rings is 1. The third-order valence-corrected chi connectivity index (χ3v) is 6.62. The molecule has 150 valence electrons. The molecule has 4 rings (SSSR count). The largest absolute Gasteiger partial charge is 0.494 e. The molecule has 28 heavy (non-hydrogen) atoms. The van der Waals surface area contributed by atoms with Crippen LogP contribution in [0.2, 0.25) is 0 Å². The molecule has 0 saturated carbocycles. The summed E-state index contributed by atoms with van der Waals surface area (Å²) in [5, 5.41) is 4.77. The number of ether oxygens (including phenoxy) is 1. The number of aromatic nitrogens is 3. The van der Waals surface area contributed by atoms with E-state index in [0.29, 0.717) is 17.6 Å². The monoisotopic (exact) mass is 401 g/mol. The Labute approximate surface area is 170 Å². The molecule has 2 atom stereocenters. The lowest BCUT2D eigenvalue weighted by atomic mass is 9.99. The molecule has 0 amide bonds. The Morgan fingerprint density at radius 3 is 2.50 bits per heavy atom. The predicted octanol–water partition coefficient (Wildman–Crippen LogP) is 2.48. The summed E-state index contributed by atoms with van der Waals surface area (Å²) in [6, 6.07) is 8.18. The second-order valence-corrected chi connectivity index (χ2v) is 8.26. The van der Waals surface area contributed by atoms with Crippen LogP contribution in [0, 0.1) is 6.92 Å². The van der Waals surface area contributed by atoms with Crippen LogP contribution in [0.5, 0.6) is 5.75 Å². The molecule has 0 N–H and O–H groups in total. The molecule has 0 spiro atoms. The first-order valence-corrected chi connectivity index (χ1v) is 10.8. The molecule has 2 aliphatic heterocycles. The standard InChI is InChI=1S/C20H27N5O2S/c1-4-23-10-12-24(13-11-23)17(15-6-8-16(9-7-15)27-5-2)18-19(26)25-20(28-18)21-14(3)22-25/h6-9,17-18H,4-5,10-13H2,1-3H3. The van der Waals surface area contributed by atoms with Crippen molar-refractivity contribution >= 4 is 17.7 Å². The van der Waals surface area contributed by atoms with Crippen molar-refractivity contribution < 1.29 is 9.53 Å². The van der Waals surface area contributed by atoms with Gasteiger partial charge in [0, 0.05) is 26.2 Å². The van der Waals surface area contributed by atoms with E-state index >= 15 is 0 Å². The number of hydrogen-bond donors (Lipinski definition) is 0. The lowest BCUT2D eigenvalue weighted by Gasteiger charge is -2.40. The number of rotatable bonds is 6. The average molecular weight is 402 g/mol. The van der Waals surface area contributed by atoms with Crippen molar-refractivity contribution in [2.24, 2.45) is 0 Å². The minimum atomic E-state index is -0.235. The van der Waals surface area contributed by atoms with Gasteiger partial charge in [-0.15, -0.1) is 5.10 Å². The van der Waals surface area contributed by atoms with E-state index in [1.165, 1.54) is 16.4 Å². The quantitative estimate of drug-likeness (QED) is 0.737. The van der Waals surface area contributed by atoms with Gasteiger partial charge in [-0.2, -0.15) is 4.68 Å². The highest BCUT2D eigenvalue weighted by atomic mass is 32.2. The summed E-state index contributed by atoms with van der Waals surface area (Å²) in [4.78, 5) is 22.5. The van der Waals surface area contributed by atoms with Crippen molar-refractivity contribution in [3.8, 4) is 5.75 Å². The maximum atomic E-state index is 13.1. The summed E-state index contributed by atoms with van der Waals surface area (Å²) in [5.41, 5.74) is 1.14. The summed E-state index contributed by atoms with van der Waals surface area (Å²) >= 11 is 1.54. The van der Waals surface area contributed by atoms with E-state index in [-0.39, 0.29) is 17.2 Å². The Morgan fingerprint density at radius 1 is 1.18 bits per heavy atom. The molecular weight excluding hydrogens is 374 g/mol. The normalized spacial score (nSPS) is 21.7. The van der Waals surface area contributed by atoms with E-state index in [4.69, 9.17) is 4.74 Å². The van der Waals surface area contributed by atoms with E-state index in [0.717, 1.165) is 44.0 Å². The van der Waals surface area contributed by atoms with Crippen LogP contribution in [-0.4, -0.2) is 75.1 Å². The van der Waals surface area contributed by atoms with Crippen LogP contribution in [0.3, 0.4) is 0 Å². The molecule has 8 heteroatoms. The van der Waals surface area contributed by atoms with Crippen molar-refractivity contribution in [1.29, 1.82) is 0 Å². The van der Waals surface area contributed by atoms with Crippen LogP contribution in [0.15, 0.2) is 29.4 Å². The summed E-state index contributed by atoms with van der Waals surface area (Å²) in [6.45, 7) is 11.7. The predicted molar refractivity (Wildman–Crippen MR) is 109 cm³/mol. The summed E-state index contributed by atoms with van der Waals surface area (Å²) in [5.74, 6) is 1.53. The van der Waals surface area contributed by atoms with Gasteiger partial charge < -0.3 is 9.64 Å². The Morgan fingerprint density at radius 2 is 1.89 bits per heavy atom. The van der Waals surface area contributed by atoms with Crippen LogP contribution < -0.4 is 4.74 Å². The second kappa shape index (κ2) is 8.23. The fourth-order valence-corrected chi connectivity index (χ4v) is 5.26. The van der Waals surface area contributed by atoms with Crippen LogP contribution >= 0.6 is 11.8 Å². The molecule has 1 aromatic carbocycles. The number of carbonyl (C=O) groups excluding carboxylic acids is 1. The highest BCUT2D eigenvalue weighted by molar-refractivity contribution is 8.00. The molecule has 3 heterocycles. The zero-order valence-electron chi connectivity index (χ0n) is 16.7. The third kappa shape index (κ3) is 3.68. The number of carbonyl (C=O) groups is 1. The summed E-state index contributed by atoms with van der Waals surface area (Å²) in [6.07, 6.45) is 0. The Hall–Kier alpha value is -1.90. The second-order valence-electron chi connectivity index (χ2n) is 7.15. The molecule has 1 fully saturated rings. The number of fused-ring (bicyclic) bond motifs is 1. The summed E-state index contributed by atoms with van der Waals surface area (Å²) in [7, 11) is 0. The molecule has 7 nitrogen and oxygen atoms in total. The molecule has 0 aliphatic carbocycles. The minimum absolute atomic E-state index is 0.00371. The molecule has 0 bridgehead atoms. The van der Waals surface area contributed by atoms with Gasteiger partial charge in [0.05, 0.1) is 12.6 Å². The van der Waals surface area contributed by atoms with Gasteiger partial charge in [0.25, 0.3) is 5.91 Å². The van der Waals surface area contributed by atoms with Crippen molar-refractivity contribution in [2.75, 3.05) is 39.3 Å². The minimum Gasteiger partial charge on any atom is -0.494 e. The topological polar surface area (TPSA) is 63.5 Å². The van der Waals surface area contributed by atoms with Gasteiger partial charge in [0.1, 0.15) is 16.8 Å². The lowest BCUT2D eigenvalue weighted by Crippen LogP contribution is -2.50. The van der Waals surface area contributed by atoms with Crippen LogP contribution in [0.25, 0.3) is 0 Å². The number of thioether (sulfide) groups is 1. The zero-order chi connectivity index (χ0) is 19.7. The first kappa shape index (κ1) is 19.4. The van der Waals surface area contributed by atoms with E-state index in [9.17, 15) is 4.79 Å². The van der Waals surface area contributed by atoms with Crippen LogP contribution in [0.1, 0.15) is 36.1 Å². The van der Waals surface area contributed by atoms with Crippen LogP contribution in [-0.2, 0) is 0 Å². The zero-order valence-corrected chi connectivity index (χ0v) is 17.5. The molecular formula is C20H27N5O2S. The fourth-order valence-electron chi connectivity index (χ4n) is 3.96. The third-order valence-electron chi connectivity index (χ3n) is 5.43.